The van der Waals surface area contributed by atoms with Crippen LogP contribution in [0.5, 0.6) is 0 Å². The Balaban J connectivity index is 1.68. The molecule has 2 N–H and O–H groups in total. The van der Waals surface area contributed by atoms with Gasteiger partial charge in [0.05, 0.1) is 11.4 Å². The molecule has 2 heterocycles. The van der Waals surface area contributed by atoms with Crippen LogP contribution in [0.15, 0.2) is 59.1 Å². The van der Waals surface area contributed by atoms with Gasteiger partial charge in [0.1, 0.15) is 11.6 Å². The molecule has 0 saturated heterocycles. The smallest absolute Gasteiger partial charge is 0.256 e. The van der Waals surface area contributed by atoms with Gasteiger partial charge < -0.3 is 15.2 Å². The first kappa shape index (κ1) is 21.0. The third-order valence-electron chi connectivity index (χ3n) is 4.94. The fourth-order valence-electron chi connectivity index (χ4n) is 3.43. The normalized spacial score (nSPS) is 10.8. The molecule has 2 aromatic heterocycles. The number of carbonyl (C=O) groups excluding carboxylic acids is 2. The lowest BCUT2D eigenvalue weighted by Crippen LogP contribution is -2.13. The first-order valence-electron chi connectivity index (χ1n) is 10.1. The first-order valence-corrected chi connectivity index (χ1v) is 10.1. The molecule has 4 aromatic rings. The second-order valence-electron chi connectivity index (χ2n) is 7.59. The molecule has 2 aromatic carbocycles. The van der Waals surface area contributed by atoms with Gasteiger partial charge in [0, 0.05) is 24.1 Å². The number of aryl methyl sites for hydroxylation is 3. The number of benzene rings is 2. The average molecular weight is 429 g/mol. The van der Waals surface area contributed by atoms with Crippen LogP contribution in [0, 0.1) is 20.8 Å². The van der Waals surface area contributed by atoms with Crippen LogP contribution in [0.3, 0.4) is 0 Å². The number of rotatable bonds is 5. The molecule has 8 nitrogen and oxygen atoms in total. The summed E-state index contributed by atoms with van der Waals surface area (Å²) in [6.07, 6.45) is 0. The summed E-state index contributed by atoms with van der Waals surface area (Å²) < 4.78 is 6.64. The molecule has 0 spiro atoms. The predicted octanol–water partition coefficient (Wildman–Crippen LogP) is 4.66. The van der Waals surface area contributed by atoms with E-state index in [4.69, 9.17) is 4.52 Å². The highest BCUT2D eigenvalue weighted by molar-refractivity contribution is 6.03. The summed E-state index contributed by atoms with van der Waals surface area (Å²) in [6.45, 7) is 7.14. The van der Waals surface area contributed by atoms with Crippen molar-refractivity contribution in [2.24, 2.45) is 0 Å². The third kappa shape index (κ3) is 4.29. The van der Waals surface area contributed by atoms with Crippen LogP contribution < -0.4 is 10.6 Å². The van der Waals surface area contributed by atoms with Crippen molar-refractivity contribution < 1.29 is 14.1 Å². The van der Waals surface area contributed by atoms with Crippen LogP contribution in [0.2, 0.25) is 0 Å². The second-order valence-corrected chi connectivity index (χ2v) is 7.59. The molecule has 0 saturated carbocycles. The van der Waals surface area contributed by atoms with Crippen molar-refractivity contribution in [3.8, 4) is 16.8 Å². The first-order chi connectivity index (χ1) is 15.3. The van der Waals surface area contributed by atoms with Crippen molar-refractivity contribution in [3.05, 3.63) is 77.2 Å². The van der Waals surface area contributed by atoms with Gasteiger partial charge in [-0.2, -0.15) is 5.10 Å². The molecule has 0 aliphatic carbocycles. The zero-order valence-electron chi connectivity index (χ0n) is 18.3. The summed E-state index contributed by atoms with van der Waals surface area (Å²) in [5.41, 5.74) is 4.91. The van der Waals surface area contributed by atoms with Gasteiger partial charge >= 0.3 is 0 Å². The fraction of sp³-hybridized carbons (Fsp3) is 0.167. The molecular weight excluding hydrogens is 406 g/mol. The van der Waals surface area contributed by atoms with Gasteiger partial charge in [0.25, 0.3) is 5.91 Å². The largest absolute Gasteiger partial charge is 0.360 e. The summed E-state index contributed by atoms with van der Waals surface area (Å²) in [7, 11) is 0. The van der Waals surface area contributed by atoms with Crippen molar-refractivity contribution in [1.29, 1.82) is 0 Å². The summed E-state index contributed by atoms with van der Waals surface area (Å²) >= 11 is 0. The molecular formula is C24H23N5O3. The fourth-order valence-corrected chi connectivity index (χ4v) is 3.43. The summed E-state index contributed by atoms with van der Waals surface area (Å²) in [5.74, 6) is 1.05. The van der Waals surface area contributed by atoms with Crippen LogP contribution >= 0.6 is 0 Å². The van der Waals surface area contributed by atoms with Gasteiger partial charge in [0.15, 0.2) is 5.82 Å². The molecule has 0 atom stereocenters. The number of nitrogens with one attached hydrogen (secondary N) is 2. The number of hydrogen-bond acceptors (Lipinski definition) is 5. The summed E-state index contributed by atoms with van der Waals surface area (Å²) in [4.78, 5) is 24.4. The molecule has 0 radical (unpaired) electrons. The maximum atomic E-state index is 12.5. The highest BCUT2D eigenvalue weighted by Gasteiger charge is 2.19. The molecule has 162 valence electrons. The Morgan fingerprint density at radius 1 is 0.938 bits per heavy atom. The standard InChI is InChI=1S/C24H23N5O3/c1-14-5-7-18(8-6-14)22-16(3)27-29(23(22)25-17(4)30)20-11-9-19(10-12-20)24(31)26-21-13-15(2)32-28-21/h5-13H,1-4H3,(H,25,30)(H,26,28,31). The lowest BCUT2D eigenvalue weighted by Gasteiger charge is -2.11. The van der Waals surface area contributed by atoms with E-state index in [9.17, 15) is 9.59 Å². The van der Waals surface area contributed by atoms with Crippen molar-refractivity contribution in [2.75, 3.05) is 10.6 Å². The van der Waals surface area contributed by atoms with Crippen LogP contribution in [0.1, 0.15) is 34.3 Å². The van der Waals surface area contributed by atoms with Gasteiger partial charge in [-0.05, 0) is 50.6 Å². The lowest BCUT2D eigenvalue weighted by molar-refractivity contribution is -0.114. The molecule has 32 heavy (non-hydrogen) atoms. The van der Waals surface area contributed by atoms with Crippen molar-refractivity contribution in [1.82, 2.24) is 14.9 Å². The molecule has 0 aliphatic heterocycles. The van der Waals surface area contributed by atoms with E-state index in [1.807, 2.05) is 38.1 Å². The molecule has 0 bridgehead atoms. The molecule has 0 fully saturated rings. The Kier molecular flexibility index (Phi) is 5.59. The van der Waals surface area contributed by atoms with Gasteiger partial charge in [-0.15, -0.1) is 0 Å². The van der Waals surface area contributed by atoms with E-state index in [1.54, 1.807) is 41.9 Å². The Labute approximate surface area is 185 Å². The van der Waals surface area contributed by atoms with E-state index >= 15 is 0 Å². The Morgan fingerprint density at radius 3 is 2.22 bits per heavy atom. The van der Waals surface area contributed by atoms with E-state index in [1.165, 1.54) is 6.92 Å². The second kappa shape index (κ2) is 8.50. The number of anilines is 2. The number of nitrogens with zero attached hydrogens (tertiary/aromatic N) is 3. The summed E-state index contributed by atoms with van der Waals surface area (Å²) in [5, 5.41) is 14.0. The number of amides is 2. The minimum Gasteiger partial charge on any atom is -0.360 e. The zero-order valence-corrected chi connectivity index (χ0v) is 18.3. The highest BCUT2D eigenvalue weighted by atomic mass is 16.5. The maximum Gasteiger partial charge on any atom is 0.256 e. The van der Waals surface area contributed by atoms with Crippen molar-refractivity contribution >= 4 is 23.5 Å². The lowest BCUT2D eigenvalue weighted by atomic mass is 10.0. The van der Waals surface area contributed by atoms with Crippen molar-refractivity contribution in [3.63, 3.8) is 0 Å². The Bertz CT molecular complexity index is 1280. The van der Waals surface area contributed by atoms with Crippen LogP contribution in [-0.2, 0) is 4.79 Å². The van der Waals surface area contributed by atoms with Crippen LogP contribution in [0.25, 0.3) is 16.8 Å². The minimum absolute atomic E-state index is 0.196. The van der Waals surface area contributed by atoms with E-state index in [-0.39, 0.29) is 11.8 Å². The van der Waals surface area contributed by atoms with Gasteiger partial charge in [0.2, 0.25) is 5.91 Å². The van der Waals surface area contributed by atoms with E-state index < -0.39 is 0 Å². The predicted molar refractivity (Wildman–Crippen MR) is 122 cm³/mol. The molecule has 8 heteroatoms. The van der Waals surface area contributed by atoms with Crippen LogP contribution in [0.4, 0.5) is 11.6 Å². The number of carbonyl (C=O) groups is 2. The highest BCUT2D eigenvalue weighted by Crippen LogP contribution is 2.33. The Hall–Kier alpha value is -4.20. The van der Waals surface area contributed by atoms with E-state index in [0.29, 0.717) is 28.6 Å². The molecule has 2 amide bonds. The SMILES string of the molecule is CC(=O)Nc1c(-c2ccc(C)cc2)c(C)nn1-c1ccc(C(=O)Nc2cc(C)on2)cc1. The number of aromatic nitrogens is 3. The monoisotopic (exact) mass is 429 g/mol. The topological polar surface area (TPSA) is 102 Å². The van der Waals surface area contributed by atoms with Gasteiger partial charge in [-0.3, -0.25) is 9.59 Å². The quantitative estimate of drug-likeness (QED) is 0.480. The maximum absolute atomic E-state index is 12.5. The summed E-state index contributed by atoms with van der Waals surface area (Å²) in [6, 6.07) is 16.6. The van der Waals surface area contributed by atoms with E-state index in [0.717, 1.165) is 22.4 Å². The van der Waals surface area contributed by atoms with Crippen LogP contribution in [-0.4, -0.2) is 26.8 Å². The number of hydrogen-bond donors (Lipinski definition) is 2. The Morgan fingerprint density at radius 2 is 1.62 bits per heavy atom. The minimum atomic E-state index is -0.302. The van der Waals surface area contributed by atoms with Crippen molar-refractivity contribution in [2.45, 2.75) is 27.7 Å². The molecule has 0 aliphatic rings. The third-order valence-corrected chi connectivity index (χ3v) is 4.94. The average Bonchev–Trinajstić information content (AvgIpc) is 3.31. The van der Waals surface area contributed by atoms with Gasteiger partial charge in [-0.1, -0.05) is 35.0 Å². The molecule has 4 rings (SSSR count). The van der Waals surface area contributed by atoms with Gasteiger partial charge in [-0.25, -0.2) is 4.68 Å². The molecule has 0 unspecified atom stereocenters. The van der Waals surface area contributed by atoms with E-state index in [2.05, 4.69) is 20.9 Å². The zero-order chi connectivity index (χ0) is 22.8.